The molecule has 0 aliphatic carbocycles. The standard InChI is InChI=1S/C20H23F3N2O4S/c1-13(2)12-24-19(26)14(3)29-17-8-10-18(11-9-17)30(27,28)25-16-6-4-15(5-7-16)20(21,22)23/h4-11,13-14,25H,12H2,1-3H3,(H,24,26)/t14-/m1/s1. The number of amides is 1. The average Bonchev–Trinajstić information content (AvgIpc) is 2.65. The van der Waals surface area contributed by atoms with E-state index in [4.69, 9.17) is 4.74 Å². The molecule has 0 radical (unpaired) electrons. The third kappa shape index (κ3) is 6.65. The zero-order chi connectivity index (χ0) is 22.5. The number of hydrogen-bond acceptors (Lipinski definition) is 4. The van der Waals surface area contributed by atoms with E-state index < -0.39 is 27.9 Å². The number of carbonyl (C=O) groups is 1. The quantitative estimate of drug-likeness (QED) is 0.644. The molecule has 0 unspecified atom stereocenters. The van der Waals surface area contributed by atoms with Gasteiger partial charge in [0.1, 0.15) is 5.75 Å². The molecule has 0 heterocycles. The zero-order valence-electron chi connectivity index (χ0n) is 16.7. The fourth-order valence-corrected chi connectivity index (χ4v) is 3.40. The van der Waals surface area contributed by atoms with Crippen molar-refractivity contribution in [2.45, 2.75) is 37.9 Å². The first kappa shape index (κ1) is 23.5. The molecule has 0 saturated carbocycles. The summed E-state index contributed by atoms with van der Waals surface area (Å²) in [6.45, 7) is 6.01. The lowest BCUT2D eigenvalue weighted by molar-refractivity contribution is -0.137. The highest BCUT2D eigenvalue weighted by Crippen LogP contribution is 2.30. The minimum absolute atomic E-state index is 0.00114. The van der Waals surface area contributed by atoms with Crippen LogP contribution in [-0.4, -0.2) is 27.0 Å². The summed E-state index contributed by atoms with van der Waals surface area (Å²) in [6.07, 6.45) is -5.27. The van der Waals surface area contributed by atoms with Gasteiger partial charge in [0.2, 0.25) is 0 Å². The first-order chi connectivity index (χ1) is 13.9. The lowest BCUT2D eigenvalue weighted by atomic mass is 10.2. The molecular weight excluding hydrogens is 421 g/mol. The first-order valence-electron chi connectivity index (χ1n) is 9.13. The van der Waals surface area contributed by atoms with E-state index in [2.05, 4.69) is 10.0 Å². The van der Waals surface area contributed by atoms with E-state index in [0.717, 1.165) is 24.3 Å². The van der Waals surface area contributed by atoms with Crippen LogP contribution in [0.25, 0.3) is 0 Å². The zero-order valence-corrected chi connectivity index (χ0v) is 17.5. The van der Waals surface area contributed by atoms with Crippen molar-refractivity contribution in [2.75, 3.05) is 11.3 Å². The first-order valence-corrected chi connectivity index (χ1v) is 10.6. The van der Waals surface area contributed by atoms with Gasteiger partial charge in [-0.1, -0.05) is 13.8 Å². The molecule has 0 aromatic heterocycles. The molecule has 2 aromatic carbocycles. The smallest absolute Gasteiger partial charge is 0.416 e. The molecule has 0 bridgehead atoms. The van der Waals surface area contributed by atoms with Gasteiger partial charge in [0.15, 0.2) is 6.10 Å². The summed E-state index contributed by atoms with van der Waals surface area (Å²) in [5.41, 5.74) is -0.878. The topological polar surface area (TPSA) is 84.5 Å². The maximum Gasteiger partial charge on any atom is 0.416 e. The van der Waals surface area contributed by atoms with Gasteiger partial charge in [0, 0.05) is 12.2 Å². The highest BCUT2D eigenvalue weighted by atomic mass is 32.2. The maximum absolute atomic E-state index is 12.6. The number of benzene rings is 2. The van der Waals surface area contributed by atoms with Crippen LogP contribution in [0.5, 0.6) is 5.75 Å². The third-order valence-corrected chi connectivity index (χ3v) is 5.36. The Kier molecular flexibility index (Phi) is 7.35. The number of hydrogen-bond donors (Lipinski definition) is 2. The molecule has 2 aromatic rings. The Morgan fingerprint density at radius 1 is 1.00 bits per heavy atom. The minimum atomic E-state index is -4.50. The predicted octanol–water partition coefficient (Wildman–Crippen LogP) is 4.05. The molecular formula is C20H23F3N2O4S. The van der Waals surface area contributed by atoms with Crippen LogP contribution >= 0.6 is 0 Å². The van der Waals surface area contributed by atoms with Gasteiger partial charge in [0.25, 0.3) is 15.9 Å². The average molecular weight is 444 g/mol. The second-order valence-electron chi connectivity index (χ2n) is 7.05. The largest absolute Gasteiger partial charge is 0.481 e. The predicted molar refractivity (Wildman–Crippen MR) is 107 cm³/mol. The van der Waals surface area contributed by atoms with E-state index in [1.165, 1.54) is 24.3 Å². The van der Waals surface area contributed by atoms with Crippen molar-refractivity contribution in [1.82, 2.24) is 5.32 Å². The third-order valence-electron chi connectivity index (χ3n) is 3.97. The summed E-state index contributed by atoms with van der Waals surface area (Å²) in [6, 6.07) is 9.01. The molecule has 2 rings (SSSR count). The monoisotopic (exact) mass is 444 g/mol. The highest BCUT2D eigenvalue weighted by molar-refractivity contribution is 7.92. The number of anilines is 1. The lowest BCUT2D eigenvalue weighted by Gasteiger charge is -2.16. The van der Waals surface area contributed by atoms with Crippen molar-refractivity contribution >= 4 is 21.6 Å². The van der Waals surface area contributed by atoms with E-state index in [0.29, 0.717) is 18.2 Å². The molecule has 164 valence electrons. The van der Waals surface area contributed by atoms with Crippen molar-refractivity contribution in [1.29, 1.82) is 0 Å². The van der Waals surface area contributed by atoms with E-state index in [-0.39, 0.29) is 16.5 Å². The van der Waals surface area contributed by atoms with E-state index in [9.17, 15) is 26.4 Å². The molecule has 0 aliphatic rings. The van der Waals surface area contributed by atoms with Crippen LogP contribution in [0.3, 0.4) is 0 Å². The van der Waals surface area contributed by atoms with Gasteiger partial charge in [-0.25, -0.2) is 8.42 Å². The lowest BCUT2D eigenvalue weighted by Crippen LogP contribution is -2.38. The fraction of sp³-hybridized carbons (Fsp3) is 0.350. The van der Waals surface area contributed by atoms with Crippen LogP contribution < -0.4 is 14.8 Å². The molecule has 30 heavy (non-hydrogen) atoms. The number of carbonyl (C=O) groups excluding carboxylic acids is 1. The molecule has 0 fully saturated rings. The van der Waals surface area contributed by atoms with E-state index in [1.807, 2.05) is 13.8 Å². The van der Waals surface area contributed by atoms with Crippen molar-refractivity contribution in [3.63, 3.8) is 0 Å². The van der Waals surface area contributed by atoms with Crippen LogP contribution in [0.15, 0.2) is 53.4 Å². The van der Waals surface area contributed by atoms with Gasteiger partial charge >= 0.3 is 6.18 Å². The molecule has 1 atom stereocenters. The van der Waals surface area contributed by atoms with Crippen molar-refractivity contribution in [2.24, 2.45) is 5.92 Å². The molecule has 0 aliphatic heterocycles. The van der Waals surface area contributed by atoms with Gasteiger partial charge in [-0.3, -0.25) is 9.52 Å². The summed E-state index contributed by atoms with van der Waals surface area (Å²) in [5, 5.41) is 2.74. The summed E-state index contributed by atoms with van der Waals surface area (Å²) in [5.74, 6) is 0.308. The fourth-order valence-electron chi connectivity index (χ4n) is 2.34. The minimum Gasteiger partial charge on any atom is -0.481 e. The molecule has 6 nitrogen and oxygen atoms in total. The number of nitrogens with one attached hydrogen (secondary N) is 2. The van der Waals surface area contributed by atoms with Gasteiger partial charge in [-0.15, -0.1) is 0 Å². The molecule has 1 amide bonds. The second kappa shape index (κ2) is 9.38. The van der Waals surface area contributed by atoms with E-state index >= 15 is 0 Å². The van der Waals surface area contributed by atoms with Crippen LogP contribution in [0.1, 0.15) is 26.3 Å². The molecule has 0 saturated heterocycles. The maximum atomic E-state index is 12.6. The van der Waals surface area contributed by atoms with E-state index in [1.54, 1.807) is 6.92 Å². The van der Waals surface area contributed by atoms with Crippen LogP contribution in [0.4, 0.5) is 18.9 Å². The Hall–Kier alpha value is -2.75. The summed E-state index contributed by atoms with van der Waals surface area (Å²) >= 11 is 0. The number of rotatable bonds is 8. The number of halogens is 3. The number of sulfonamides is 1. The summed E-state index contributed by atoms with van der Waals surface area (Å²) in [4.78, 5) is 11.8. The second-order valence-corrected chi connectivity index (χ2v) is 8.73. The number of alkyl halides is 3. The Morgan fingerprint density at radius 3 is 2.07 bits per heavy atom. The number of ether oxygens (including phenoxy) is 1. The van der Waals surface area contributed by atoms with Crippen LogP contribution in [0.2, 0.25) is 0 Å². The van der Waals surface area contributed by atoms with Crippen molar-refractivity contribution < 1.29 is 31.1 Å². The Bertz CT molecular complexity index is 957. The van der Waals surface area contributed by atoms with Gasteiger partial charge in [-0.2, -0.15) is 13.2 Å². The van der Waals surface area contributed by atoms with Crippen molar-refractivity contribution in [3.8, 4) is 5.75 Å². The molecule has 10 heteroatoms. The SMILES string of the molecule is CC(C)CNC(=O)[C@@H](C)Oc1ccc(S(=O)(=O)Nc2ccc(C(F)(F)F)cc2)cc1. The molecule has 0 spiro atoms. The molecule has 2 N–H and O–H groups in total. The van der Waals surface area contributed by atoms with Gasteiger partial charge in [-0.05, 0) is 61.4 Å². The van der Waals surface area contributed by atoms with Crippen LogP contribution in [-0.2, 0) is 21.0 Å². The summed E-state index contributed by atoms with van der Waals surface area (Å²) in [7, 11) is -4.01. The van der Waals surface area contributed by atoms with Gasteiger partial charge in [0.05, 0.1) is 10.5 Å². The normalized spacial score (nSPS) is 13.0. The van der Waals surface area contributed by atoms with Crippen molar-refractivity contribution in [3.05, 3.63) is 54.1 Å². The van der Waals surface area contributed by atoms with Gasteiger partial charge < -0.3 is 10.1 Å². The Morgan fingerprint density at radius 2 is 1.57 bits per heavy atom. The highest BCUT2D eigenvalue weighted by Gasteiger charge is 2.30. The summed E-state index contributed by atoms with van der Waals surface area (Å²) < 4.78 is 70.4. The van der Waals surface area contributed by atoms with Crippen LogP contribution in [0, 0.1) is 5.92 Å². The Balaban J connectivity index is 2.03. The Labute approximate surface area is 173 Å².